The molecule has 0 aliphatic heterocycles. The van der Waals surface area contributed by atoms with Gasteiger partial charge in [0, 0.05) is 5.56 Å². The maximum absolute atomic E-state index is 5.50. The van der Waals surface area contributed by atoms with E-state index in [-0.39, 0.29) is 0 Å². The highest BCUT2D eigenvalue weighted by molar-refractivity contribution is 7.80. The molecule has 3 aromatic carbocycles. The fourth-order valence-corrected chi connectivity index (χ4v) is 2.67. The highest BCUT2D eigenvalue weighted by Crippen LogP contribution is 2.22. The van der Waals surface area contributed by atoms with E-state index in [1.165, 1.54) is 0 Å². The third-order valence-electron chi connectivity index (χ3n) is 3.70. The number of hydrogen-bond donors (Lipinski definition) is 3. The molecule has 0 saturated heterocycles. The van der Waals surface area contributed by atoms with Crippen LogP contribution in [0.3, 0.4) is 0 Å². The molecule has 0 aliphatic carbocycles. The number of methoxy groups -OCH3 is 1. The lowest BCUT2D eigenvalue weighted by atomic mass is 10.2. The molecule has 0 unspecified atom stereocenters. The standard InChI is InChI=1S/C21H19N3OS/c1-25-19-15-9-8-14-18(19)23-21(26)24-20(16-10-4-2-5-11-16)22-17-12-6-3-7-13-17/h2-15H,1H3,(H2,22,23,24,26)/p+1. The molecule has 130 valence electrons. The Morgan fingerprint density at radius 3 is 2.12 bits per heavy atom. The number of nitrogens with one attached hydrogen (secondary N) is 3. The van der Waals surface area contributed by atoms with Gasteiger partial charge in [0.25, 0.3) is 5.11 Å². The van der Waals surface area contributed by atoms with Crippen LogP contribution in [-0.2, 0) is 0 Å². The second-order valence-corrected chi connectivity index (χ2v) is 5.92. The van der Waals surface area contributed by atoms with Crippen LogP contribution in [-0.4, -0.2) is 18.1 Å². The van der Waals surface area contributed by atoms with E-state index < -0.39 is 0 Å². The summed E-state index contributed by atoms with van der Waals surface area (Å²) in [6.45, 7) is 0. The number of benzene rings is 3. The van der Waals surface area contributed by atoms with E-state index in [1.807, 2.05) is 84.9 Å². The molecule has 0 bridgehead atoms. The molecule has 4 nitrogen and oxygen atoms in total. The van der Waals surface area contributed by atoms with Crippen LogP contribution in [0.1, 0.15) is 5.56 Å². The summed E-state index contributed by atoms with van der Waals surface area (Å²) in [5.41, 5.74) is 2.78. The van der Waals surface area contributed by atoms with Crippen molar-refractivity contribution in [3.05, 3.63) is 90.5 Å². The minimum absolute atomic E-state index is 0.469. The van der Waals surface area contributed by atoms with Gasteiger partial charge in [-0.3, -0.25) is 10.6 Å². The van der Waals surface area contributed by atoms with Crippen molar-refractivity contribution in [2.75, 3.05) is 17.7 Å². The van der Waals surface area contributed by atoms with Crippen LogP contribution in [0.25, 0.3) is 0 Å². The van der Waals surface area contributed by atoms with E-state index in [2.05, 4.69) is 15.6 Å². The summed E-state index contributed by atoms with van der Waals surface area (Å²) >= 11 is 5.50. The molecule has 3 rings (SSSR count). The Morgan fingerprint density at radius 1 is 0.808 bits per heavy atom. The second kappa shape index (κ2) is 8.78. The summed E-state index contributed by atoms with van der Waals surface area (Å²) in [5, 5.41) is 7.04. The smallest absolute Gasteiger partial charge is 0.292 e. The molecule has 0 saturated carbocycles. The highest BCUT2D eigenvalue weighted by Gasteiger charge is 2.12. The average molecular weight is 362 g/mol. The third-order valence-corrected chi connectivity index (χ3v) is 3.90. The fourth-order valence-electron chi connectivity index (χ4n) is 2.46. The minimum atomic E-state index is 0.469. The first-order chi connectivity index (χ1) is 12.8. The van der Waals surface area contributed by atoms with E-state index in [9.17, 15) is 0 Å². The van der Waals surface area contributed by atoms with Crippen LogP contribution in [0.15, 0.2) is 84.9 Å². The van der Waals surface area contributed by atoms with Gasteiger partial charge in [-0.15, -0.1) is 0 Å². The summed E-state index contributed by atoms with van der Waals surface area (Å²) in [6.07, 6.45) is 0. The van der Waals surface area contributed by atoms with Crippen molar-refractivity contribution in [3.8, 4) is 5.75 Å². The lowest BCUT2D eigenvalue weighted by Crippen LogP contribution is -2.80. The maximum Gasteiger partial charge on any atom is 0.292 e. The van der Waals surface area contributed by atoms with E-state index in [0.717, 1.165) is 28.5 Å². The summed E-state index contributed by atoms with van der Waals surface area (Å²) in [5.74, 6) is 1.53. The molecule has 0 radical (unpaired) electrons. The van der Waals surface area contributed by atoms with Gasteiger partial charge in [-0.1, -0.05) is 48.5 Å². The maximum atomic E-state index is 5.50. The Hall–Kier alpha value is -3.18. The lowest BCUT2D eigenvalue weighted by Gasteiger charge is -2.08. The van der Waals surface area contributed by atoms with Gasteiger partial charge in [0.05, 0.1) is 12.8 Å². The Labute approximate surface area is 158 Å². The van der Waals surface area contributed by atoms with Crippen molar-refractivity contribution in [2.45, 2.75) is 0 Å². The van der Waals surface area contributed by atoms with E-state index in [4.69, 9.17) is 17.0 Å². The number of para-hydroxylation sites is 3. The SMILES string of the molecule is COc1ccccc1NC(=S)[NH+]=C(Nc1ccccc1)c1ccccc1. The van der Waals surface area contributed by atoms with Gasteiger partial charge in [0.2, 0.25) is 5.84 Å². The Kier molecular flexibility index (Phi) is 5.96. The molecule has 26 heavy (non-hydrogen) atoms. The molecule has 5 heteroatoms. The van der Waals surface area contributed by atoms with Gasteiger partial charge in [0.15, 0.2) is 5.75 Å². The van der Waals surface area contributed by atoms with Crippen LogP contribution in [0, 0.1) is 0 Å². The molecule has 3 N–H and O–H groups in total. The predicted molar refractivity (Wildman–Crippen MR) is 111 cm³/mol. The van der Waals surface area contributed by atoms with Crippen LogP contribution in [0.2, 0.25) is 0 Å². The van der Waals surface area contributed by atoms with Crippen molar-refractivity contribution in [3.63, 3.8) is 0 Å². The van der Waals surface area contributed by atoms with E-state index >= 15 is 0 Å². The highest BCUT2D eigenvalue weighted by atomic mass is 32.1. The molecule has 0 fully saturated rings. The molecule has 0 aromatic heterocycles. The molecule has 0 amide bonds. The van der Waals surface area contributed by atoms with Crippen molar-refractivity contribution in [1.29, 1.82) is 0 Å². The van der Waals surface area contributed by atoms with Crippen LogP contribution < -0.4 is 20.4 Å². The summed E-state index contributed by atoms with van der Waals surface area (Å²) in [6, 6.07) is 27.6. The molecule has 0 atom stereocenters. The monoisotopic (exact) mass is 362 g/mol. The summed E-state index contributed by atoms with van der Waals surface area (Å²) in [4.78, 5) is 3.25. The number of thiocarbonyl (C=S) groups is 1. The van der Waals surface area contributed by atoms with Crippen LogP contribution >= 0.6 is 12.2 Å². The van der Waals surface area contributed by atoms with Gasteiger partial charge in [0.1, 0.15) is 5.69 Å². The number of rotatable bonds is 4. The quantitative estimate of drug-likeness (QED) is 0.379. The zero-order chi connectivity index (χ0) is 18.2. The number of ether oxygens (including phenoxy) is 1. The zero-order valence-electron chi connectivity index (χ0n) is 14.4. The number of anilines is 2. The summed E-state index contributed by atoms with van der Waals surface area (Å²) in [7, 11) is 1.63. The van der Waals surface area contributed by atoms with Crippen LogP contribution in [0.5, 0.6) is 5.75 Å². The van der Waals surface area contributed by atoms with Gasteiger partial charge < -0.3 is 4.74 Å². The first-order valence-corrected chi connectivity index (χ1v) is 8.62. The topological polar surface area (TPSA) is 47.3 Å². The van der Waals surface area contributed by atoms with Crippen molar-refractivity contribution >= 4 is 34.5 Å². The largest absolute Gasteiger partial charge is 0.493 e. The van der Waals surface area contributed by atoms with Gasteiger partial charge in [-0.2, -0.15) is 0 Å². The van der Waals surface area contributed by atoms with E-state index in [1.54, 1.807) is 7.11 Å². The predicted octanol–water partition coefficient (Wildman–Crippen LogP) is 3.03. The first-order valence-electron chi connectivity index (χ1n) is 8.22. The Balaban J connectivity index is 1.87. The van der Waals surface area contributed by atoms with Crippen molar-refractivity contribution in [1.82, 2.24) is 0 Å². The molecular formula is C21H20N3OS+. The third kappa shape index (κ3) is 4.68. The Bertz CT molecular complexity index is 895. The van der Waals surface area contributed by atoms with Gasteiger partial charge in [-0.05, 0) is 48.6 Å². The molecule has 0 aliphatic rings. The second-order valence-electron chi connectivity index (χ2n) is 5.51. The zero-order valence-corrected chi connectivity index (χ0v) is 15.2. The van der Waals surface area contributed by atoms with Gasteiger partial charge in [-0.25, -0.2) is 4.99 Å². The van der Waals surface area contributed by atoms with E-state index in [0.29, 0.717) is 5.11 Å². The molecule has 0 spiro atoms. The van der Waals surface area contributed by atoms with Crippen molar-refractivity contribution in [2.24, 2.45) is 0 Å². The van der Waals surface area contributed by atoms with Crippen molar-refractivity contribution < 1.29 is 9.73 Å². The normalized spacial score (nSPS) is 10.9. The minimum Gasteiger partial charge on any atom is -0.493 e. The number of amidine groups is 1. The fraction of sp³-hybridized carbons (Fsp3) is 0.0476. The Morgan fingerprint density at radius 2 is 1.42 bits per heavy atom. The molecule has 3 aromatic rings. The summed E-state index contributed by atoms with van der Waals surface area (Å²) < 4.78 is 5.36. The first kappa shape index (κ1) is 17.6. The van der Waals surface area contributed by atoms with Gasteiger partial charge >= 0.3 is 0 Å². The van der Waals surface area contributed by atoms with Crippen LogP contribution in [0.4, 0.5) is 11.4 Å². The molecular weight excluding hydrogens is 342 g/mol. The molecule has 0 heterocycles. The number of hydrogen-bond acceptors (Lipinski definition) is 2. The average Bonchev–Trinajstić information content (AvgIpc) is 2.69. The lowest BCUT2D eigenvalue weighted by molar-refractivity contribution is -0.309.